The van der Waals surface area contributed by atoms with E-state index in [4.69, 9.17) is 5.11 Å². The molecule has 20 heavy (non-hydrogen) atoms. The van der Waals surface area contributed by atoms with Crippen molar-refractivity contribution in [3.63, 3.8) is 0 Å². The predicted octanol–water partition coefficient (Wildman–Crippen LogP) is 3.20. The smallest absolute Gasteiger partial charge is 0.303 e. The SMILES string of the molecule is CCN(C(=O)CC1(CC(=O)O)CCCC1)C1CCCC1. The summed E-state index contributed by atoms with van der Waals surface area (Å²) in [6.07, 6.45) is 9.18. The Labute approximate surface area is 121 Å². The van der Waals surface area contributed by atoms with E-state index in [2.05, 4.69) is 0 Å². The van der Waals surface area contributed by atoms with Gasteiger partial charge in [-0.1, -0.05) is 25.7 Å². The van der Waals surface area contributed by atoms with Crippen LogP contribution in [0.5, 0.6) is 0 Å². The van der Waals surface area contributed by atoms with Gasteiger partial charge in [0.2, 0.25) is 5.91 Å². The Morgan fingerprint density at radius 1 is 1.10 bits per heavy atom. The third-order valence-electron chi connectivity index (χ3n) is 5.14. The van der Waals surface area contributed by atoms with E-state index in [-0.39, 0.29) is 17.7 Å². The standard InChI is InChI=1S/C16H27NO3/c1-2-17(13-7-3-4-8-13)14(18)11-16(12-15(19)20)9-5-6-10-16/h13H,2-12H2,1H3,(H,19,20). The first-order chi connectivity index (χ1) is 9.56. The van der Waals surface area contributed by atoms with Gasteiger partial charge in [0, 0.05) is 19.0 Å². The molecule has 0 aromatic heterocycles. The largest absolute Gasteiger partial charge is 0.481 e. The normalized spacial score (nSPS) is 22.1. The number of hydrogen-bond acceptors (Lipinski definition) is 2. The van der Waals surface area contributed by atoms with Crippen molar-refractivity contribution in [2.75, 3.05) is 6.54 Å². The Balaban J connectivity index is 2.01. The highest BCUT2D eigenvalue weighted by atomic mass is 16.4. The van der Waals surface area contributed by atoms with E-state index in [0.29, 0.717) is 12.5 Å². The van der Waals surface area contributed by atoms with Crippen molar-refractivity contribution in [1.29, 1.82) is 0 Å². The molecule has 4 heteroatoms. The average molecular weight is 281 g/mol. The lowest BCUT2D eigenvalue weighted by molar-refractivity contribution is -0.142. The van der Waals surface area contributed by atoms with Crippen LogP contribution in [0.15, 0.2) is 0 Å². The van der Waals surface area contributed by atoms with Gasteiger partial charge in [-0.25, -0.2) is 0 Å². The van der Waals surface area contributed by atoms with E-state index in [1.165, 1.54) is 12.8 Å². The summed E-state index contributed by atoms with van der Waals surface area (Å²) in [6, 6.07) is 0.399. The molecule has 4 nitrogen and oxygen atoms in total. The summed E-state index contributed by atoms with van der Waals surface area (Å²) < 4.78 is 0. The highest BCUT2D eigenvalue weighted by Crippen LogP contribution is 2.44. The van der Waals surface area contributed by atoms with E-state index in [1.54, 1.807) is 0 Å². The molecule has 0 spiro atoms. The quantitative estimate of drug-likeness (QED) is 0.813. The van der Waals surface area contributed by atoms with Gasteiger partial charge in [-0.05, 0) is 38.0 Å². The van der Waals surface area contributed by atoms with E-state index < -0.39 is 5.97 Å². The molecule has 0 bridgehead atoms. The zero-order chi connectivity index (χ0) is 14.6. The van der Waals surface area contributed by atoms with E-state index in [0.717, 1.165) is 45.1 Å². The minimum Gasteiger partial charge on any atom is -0.481 e. The maximum Gasteiger partial charge on any atom is 0.303 e. The zero-order valence-corrected chi connectivity index (χ0v) is 12.6. The van der Waals surface area contributed by atoms with E-state index in [9.17, 15) is 9.59 Å². The number of carboxylic acids is 1. The van der Waals surface area contributed by atoms with E-state index >= 15 is 0 Å². The summed E-state index contributed by atoms with van der Waals surface area (Å²) in [6.45, 7) is 2.79. The number of nitrogens with zero attached hydrogens (tertiary/aromatic N) is 1. The molecule has 0 heterocycles. The molecule has 0 saturated heterocycles. The Kier molecular flexibility index (Phi) is 5.06. The molecule has 2 aliphatic rings. The van der Waals surface area contributed by atoms with Crippen LogP contribution in [-0.2, 0) is 9.59 Å². The van der Waals surface area contributed by atoms with Crippen LogP contribution in [0.4, 0.5) is 0 Å². The summed E-state index contributed by atoms with van der Waals surface area (Å²) in [4.78, 5) is 25.8. The molecule has 1 N–H and O–H groups in total. The molecule has 0 aliphatic heterocycles. The lowest BCUT2D eigenvalue weighted by Gasteiger charge is -2.33. The second-order valence-electron chi connectivity index (χ2n) is 6.57. The molecular weight excluding hydrogens is 254 g/mol. The van der Waals surface area contributed by atoms with Gasteiger partial charge in [0.15, 0.2) is 0 Å². The third kappa shape index (κ3) is 3.53. The fourth-order valence-electron chi connectivity index (χ4n) is 4.14. The molecule has 2 aliphatic carbocycles. The fraction of sp³-hybridized carbons (Fsp3) is 0.875. The molecule has 2 rings (SSSR count). The zero-order valence-electron chi connectivity index (χ0n) is 12.6. The molecule has 0 aromatic rings. The van der Waals surface area contributed by atoms with Crippen molar-refractivity contribution in [2.24, 2.45) is 5.41 Å². The monoisotopic (exact) mass is 281 g/mol. The maximum atomic E-state index is 12.6. The van der Waals surface area contributed by atoms with Crippen LogP contribution in [0.1, 0.15) is 71.1 Å². The number of rotatable bonds is 6. The predicted molar refractivity (Wildman–Crippen MR) is 77.4 cm³/mol. The Morgan fingerprint density at radius 3 is 2.20 bits per heavy atom. The third-order valence-corrected chi connectivity index (χ3v) is 5.14. The van der Waals surface area contributed by atoms with Gasteiger partial charge >= 0.3 is 5.97 Å². The minimum absolute atomic E-state index is 0.154. The van der Waals surface area contributed by atoms with Gasteiger partial charge in [0.25, 0.3) is 0 Å². The van der Waals surface area contributed by atoms with Gasteiger partial charge in [-0.15, -0.1) is 0 Å². The van der Waals surface area contributed by atoms with Gasteiger partial charge in [0.05, 0.1) is 6.42 Å². The number of amides is 1. The van der Waals surface area contributed by atoms with Gasteiger partial charge in [-0.3, -0.25) is 9.59 Å². The van der Waals surface area contributed by atoms with Crippen LogP contribution < -0.4 is 0 Å². The van der Waals surface area contributed by atoms with Gasteiger partial charge < -0.3 is 10.0 Å². The molecule has 0 radical (unpaired) electrons. The highest BCUT2D eigenvalue weighted by Gasteiger charge is 2.39. The van der Waals surface area contributed by atoms with Gasteiger partial charge in [0.1, 0.15) is 0 Å². The van der Waals surface area contributed by atoms with E-state index in [1.807, 2.05) is 11.8 Å². The molecule has 2 fully saturated rings. The van der Waals surface area contributed by atoms with Crippen molar-refractivity contribution < 1.29 is 14.7 Å². The minimum atomic E-state index is -0.761. The Hall–Kier alpha value is -1.06. The molecule has 0 atom stereocenters. The first kappa shape index (κ1) is 15.3. The number of carbonyl (C=O) groups excluding carboxylic acids is 1. The molecule has 114 valence electrons. The number of hydrogen-bond donors (Lipinski definition) is 1. The average Bonchev–Trinajstić information content (AvgIpc) is 3.01. The van der Waals surface area contributed by atoms with Crippen LogP contribution in [0.2, 0.25) is 0 Å². The van der Waals surface area contributed by atoms with Crippen molar-refractivity contribution in [1.82, 2.24) is 4.90 Å². The molecular formula is C16H27NO3. The van der Waals surface area contributed by atoms with Crippen LogP contribution in [-0.4, -0.2) is 34.5 Å². The maximum absolute atomic E-state index is 12.6. The van der Waals surface area contributed by atoms with Crippen molar-refractivity contribution >= 4 is 11.9 Å². The fourth-order valence-corrected chi connectivity index (χ4v) is 4.14. The molecule has 1 amide bonds. The van der Waals surface area contributed by atoms with Crippen LogP contribution in [0.3, 0.4) is 0 Å². The number of carbonyl (C=O) groups is 2. The van der Waals surface area contributed by atoms with Crippen LogP contribution in [0.25, 0.3) is 0 Å². The van der Waals surface area contributed by atoms with Gasteiger partial charge in [-0.2, -0.15) is 0 Å². The first-order valence-electron chi connectivity index (χ1n) is 8.07. The topological polar surface area (TPSA) is 57.6 Å². The first-order valence-corrected chi connectivity index (χ1v) is 8.07. The summed E-state index contributed by atoms with van der Waals surface area (Å²) in [5, 5.41) is 9.13. The highest BCUT2D eigenvalue weighted by molar-refractivity contribution is 5.78. The summed E-state index contributed by atoms with van der Waals surface area (Å²) in [5.41, 5.74) is -0.269. The second kappa shape index (κ2) is 6.59. The van der Waals surface area contributed by atoms with Crippen molar-refractivity contribution in [2.45, 2.75) is 77.2 Å². The summed E-state index contributed by atoms with van der Waals surface area (Å²) in [7, 11) is 0. The Bertz CT molecular complexity index is 355. The van der Waals surface area contributed by atoms with Crippen LogP contribution in [0, 0.1) is 5.41 Å². The van der Waals surface area contributed by atoms with Crippen LogP contribution >= 0.6 is 0 Å². The molecule has 2 saturated carbocycles. The molecule has 0 unspecified atom stereocenters. The lowest BCUT2D eigenvalue weighted by Crippen LogP contribution is -2.41. The Morgan fingerprint density at radius 2 is 1.70 bits per heavy atom. The second-order valence-corrected chi connectivity index (χ2v) is 6.57. The van der Waals surface area contributed by atoms with Crippen molar-refractivity contribution in [3.8, 4) is 0 Å². The number of aliphatic carboxylic acids is 1. The molecule has 0 aromatic carbocycles. The summed E-state index contributed by atoms with van der Waals surface area (Å²) in [5.74, 6) is -0.578. The lowest BCUT2D eigenvalue weighted by atomic mass is 9.79. The summed E-state index contributed by atoms with van der Waals surface area (Å²) >= 11 is 0. The van der Waals surface area contributed by atoms with Crippen molar-refractivity contribution in [3.05, 3.63) is 0 Å². The number of carboxylic acid groups (broad SMARTS) is 1.